The Kier molecular flexibility index (Phi) is 5.59. The normalized spacial score (nSPS) is 15.6. The largest absolute Gasteiger partial charge is 0.485 e. The van der Waals surface area contributed by atoms with E-state index in [0.717, 1.165) is 30.1 Å². The zero-order valence-corrected chi connectivity index (χ0v) is 15.5. The quantitative estimate of drug-likeness (QED) is 0.578. The van der Waals surface area contributed by atoms with Gasteiger partial charge in [0, 0.05) is 25.7 Å². The maximum Gasteiger partial charge on any atom is 0.269 e. The molecule has 1 aliphatic heterocycles. The van der Waals surface area contributed by atoms with E-state index in [1.165, 1.54) is 12.1 Å². The van der Waals surface area contributed by atoms with Gasteiger partial charge < -0.3 is 14.5 Å². The lowest BCUT2D eigenvalue weighted by molar-refractivity contribution is -0.384. The fourth-order valence-electron chi connectivity index (χ4n) is 3.23. The Labute approximate surface area is 158 Å². The molecule has 0 spiro atoms. The molecule has 2 aromatic carbocycles. The van der Waals surface area contributed by atoms with E-state index < -0.39 is 4.92 Å². The van der Waals surface area contributed by atoms with Crippen molar-refractivity contribution in [2.75, 3.05) is 31.6 Å². The van der Waals surface area contributed by atoms with Crippen molar-refractivity contribution in [2.45, 2.75) is 19.4 Å². The minimum atomic E-state index is -0.449. The second-order valence-electron chi connectivity index (χ2n) is 6.62. The van der Waals surface area contributed by atoms with Gasteiger partial charge in [-0.25, -0.2) is 0 Å². The number of fused-ring (bicyclic) bond motifs is 1. The van der Waals surface area contributed by atoms with Crippen LogP contribution in [-0.2, 0) is 11.2 Å². The average Bonchev–Trinajstić information content (AvgIpc) is 2.67. The molecule has 1 heterocycles. The fraction of sp³-hybridized carbons (Fsp3) is 0.350. The van der Waals surface area contributed by atoms with Crippen LogP contribution < -0.4 is 9.64 Å². The monoisotopic (exact) mass is 369 g/mol. The first-order valence-corrected chi connectivity index (χ1v) is 8.96. The molecule has 7 heteroatoms. The van der Waals surface area contributed by atoms with Crippen molar-refractivity contribution in [1.29, 1.82) is 0 Å². The van der Waals surface area contributed by atoms with Gasteiger partial charge in [0.1, 0.15) is 11.9 Å². The molecule has 2 aromatic rings. The van der Waals surface area contributed by atoms with Crippen LogP contribution in [-0.4, -0.2) is 48.5 Å². The zero-order valence-electron chi connectivity index (χ0n) is 15.5. The molecular weight excluding hydrogens is 346 g/mol. The number of carbonyl (C=O) groups is 1. The van der Waals surface area contributed by atoms with Crippen molar-refractivity contribution >= 4 is 17.3 Å². The third-order valence-electron chi connectivity index (χ3n) is 4.71. The molecule has 1 amide bonds. The predicted octanol–water partition coefficient (Wildman–Crippen LogP) is 2.88. The van der Waals surface area contributed by atoms with Gasteiger partial charge in [-0.2, -0.15) is 0 Å². The number of non-ortho nitro benzene ring substituents is 1. The summed E-state index contributed by atoms with van der Waals surface area (Å²) in [6.07, 6.45) is 0.0978. The number of benzene rings is 2. The molecule has 0 fully saturated rings. The van der Waals surface area contributed by atoms with Crippen LogP contribution in [0.25, 0.3) is 0 Å². The maximum absolute atomic E-state index is 12.5. The number of para-hydroxylation sites is 2. The third-order valence-corrected chi connectivity index (χ3v) is 4.71. The van der Waals surface area contributed by atoms with Crippen molar-refractivity contribution in [3.8, 4) is 5.75 Å². The molecule has 0 saturated carbocycles. The van der Waals surface area contributed by atoms with Gasteiger partial charge >= 0.3 is 0 Å². The van der Waals surface area contributed by atoms with Crippen molar-refractivity contribution in [3.63, 3.8) is 0 Å². The average molecular weight is 369 g/mol. The Morgan fingerprint density at radius 2 is 1.96 bits per heavy atom. The van der Waals surface area contributed by atoms with E-state index in [1.54, 1.807) is 24.1 Å². The highest BCUT2D eigenvalue weighted by molar-refractivity contribution is 5.78. The Morgan fingerprint density at radius 3 is 2.63 bits per heavy atom. The summed E-state index contributed by atoms with van der Waals surface area (Å²) in [5.74, 6) is 0.793. The Bertz CT molecular complexity index is 822. The van der Waals surface area contributed by atoms with Gasteiger partial charge in [0.2, 0.25) is 5.91 Å². The van der Waals surface area contributed by atoms with E-state index >= 15 is 0 Å². The Morgan fingerprint density at radius 1 is 1.26 bits per heavy atom. The van der Waals surface area contributed by atoms with Crippen LogP contribution in [0.1, 0.15) is 12.5 Å². The highest BCUT2D eigenvalue weighted by atomic mass is 16.6. The second kappa shape index (κ2) is 8.07. The van der Waals surface area contributed by atoms with Crippen molar-refractivity contribution in [3.05, 3.63) is 64.2 Å². The summed E-state index contributed by atoms with van der Waals surface area (Å²) in [7, 11) is 1.76. The van der Waals surface area contributed by atoms with Crippen LogP contribution in [0, 0.1) is 10.1 Å². The molecule has 1 aliphatic rings. The standard InChI is InChI=1S/C20H23N3O4/c1-3-22-14-17(27-19-7-5-4-6-18(19)22)13-21(2)20(24)12-15-8-10-16(11-9-15)23(25)26/h4-11,17H,3,12-14H2,1-2H3/t17-/m1/s1. The molecule has 1 atom stereocenters. The molecule has 27 heavy (non-hydrogen) atoms. The number of ether oxygens (including phenoxy) is 1. The SMILES string of the molecule is CCN1C[C@@H](CN(C)C(=O)Cc2ccc([N+](=O)[O-])cc2)Oc2ccccc21. The van der Waals surface area contributed by atoms with Gasteiger partial charge in [-0.15, -0.1) is 0 Å². The number of nitro groups is 1. The smallest absolute Gasteiger partial charge is 0.269 e. The lowest BCUT2D eigenvalue weighted by atomic mass is 10.1. The van der Waals surface area contributed by atoms with E-state index in [2.05, 4.69) is 11.8 Å². The topological polar surface area (TPSA) is 75.9 Å². The van der Waals surface area contributed by atoms with E-state index in [0.29, 0.717) is 6.54 Å². The van der Waals surface area contributed by atoms with Gasteiger partial charge in [0.15, 0.2) is 0 Å². The van der Waals surface area contributed by atoms with E-state index in [-0.39, 0.29) is 24.1 Å². The number of amides is 1. The number of likely N-dealkylation sites (N-methyl/N-ethyl adjacent to an activating group) is 2. The van der Waals surface area contributed by atoms with Gasteiger partial charge in [0.05, 0.1) is 30.1 Å². The van der Waals surface area contributed by atoms with Crippen molar-refractivity contribution in [2.24, 2.45) is 0 Å². The number of nitro benzene ring substituents is 1. The number of hydrogen-bond acceptors (Lipinski definition) is 5. The summed E-state index contributed by atoms with van der Waals surface area (Å²) in [5.41, 5.74) is 1.85. The van der Waals surface area contributed by atoms with Gasteiger partial charge in [-0.1, -0.05) is 24.3 Å². The third kappa shape index (κ3) is 4.36. The van der Waals surface area contributed by atoms with E-state index in [1.807, 2.05) is 24.3 Å². The summed E-state index contributed by atoms with van der Waals surface area (Å²) in [4.78, 5) is 26.7. The summed E-state index contributed by atoms with van der Waals surface area (Å²) in [5, 5.41) is 10.7. The minimum absolute atomic E-state index is 0.0217. The molecule has 3 rings (SSSR count). The molecule has 0 saturated heterocycles. The van der Waals surface area contributed by atoms with Gasteiger partial charge in [-0.05, 0) is 24.6 Å². The summed E-state index contributed by atoms with van der Waals surface area (Å²) in [6, 6.07) is 14.0. The Hall–Kier alpha value is -3.09. The van der Waals surface area contributed by atoms with Crippen LogP contribution in [0.4, 0.5) is 11.4 Å². The molecule has 0 bridgehead atoms. The number of nitrogens with zero attached hydrogens (tertiary/aromatic N) is 3. The molecule has 0 aliphatic carbocycles. The Balaban J connectivity index is 1.60. The van der Waals surface area contributed by atoms with Crippen molar-refractivity contribution in [1.82, 2.24) is 4.90 Å². The maximum atomic E-state index is 12.5. The van der Waals surface area contributed by atoms with Crippen LogP contribution in [0.15, 0.2) is 48.5 Å². The number of anilines is 1. The first kappa shape index (κ1) is 18.7. The molecule has 0 radical (unpaired) electrons. The molecule has 0 unspecified atom stereocenters. The van der Waals surface area contributed by atoms with Gasteiger partial charge in [-0.3, -0.25) is 14.9 Å². The molecule has 7 nitrogen and oxygen atoms in total. The number of rotatable bonds is 6. The molecule has 0 N–H and O–H groups in total. The zero-order chi connectivity index (χ0) is 19.4. The lowest BCUT2D eigenvalue weighted by Gasteiger charge is -2.37. The number of hydrogen-bond donors (Lipinski definition) is 0. The van der Waals surface area contributed by atoms with Crippen LogP contribution in [0.2, 0.25) is 0 Å². The van der Waals surface area contributed by atoms with E-state index in [9.17, 15) is 14.9 Å². The summed E-state index contributed by atoms with van der Waals surface area (Å²) in [6.45, 7) is 4.18. The highest BCUT2D eigenvalue weighted by Crippen LogP contribution is 2.32. The van der Waals surface area contributed by atoms with Crippen LogP contribution in [0.3, 0.4) is 0 Å². The predicted molar refractivity (Wildman–Crippen MR) is 103 cm³/mol. The lowest BCUT2D eigenvalue weighted by Crippen LogP contribution is -2.47. The van der Waals surface area contributed by atoms with Crippen LogP contribution >= 0.6 is 0 Å². The first-order valence-electron chi connectivity index (χ1n) is 8.96. The first-order chi connectivity index (χ1) is 13.0. The number of carbonyl (C=O) groups excluding carboxylic acids is 1. The van der Waals surface area contributed by atoms with Crippen molar-refractivity contribution < 1.29 is 14.5 Å². The van der Waals surface area contributed by atoms with Crippen LogP contribution in [0.5, 0.6) is 5.75 Å². The van der Waals surface area contributed by atoms with Gasteiger partial charge in [0.25, 0.3) is 5.69 Å². The molecular formula is C20H23N3O4. The molecule has 0 aromatic heterocycles. The molecule has 142 valence electrons. The van der Waals surface area contributed by atoms with E-state index in [4.69, 9.17) is 4.74 Å². The highest BCUT2D eigenvalue weighted by Gasteiger charge is 2.26. The second-order valence-corrected chi connectivity index (χ2v) is 6.62. The summed E-state index contributed by atoms with van der Waals surface area (Å²) < 4.78 is 6.07. The fourth-order valence-corrected chi connectivity index (χ4v) is 3.23. The summed E-state index contributed by atoms with van der Waals surface area (Å²) >= 11 is 0. The minimum Gasteiger partial charge on any atom is -0.485 e.